The summed E-state index contributed by atoms with van der Waals surface area (Å²) >= 11 is 0. The molecule has 0 radical (unpaired) electrons. The lowest BCUT2D eigenvalue weighted by molar-refractivity contribution is -0.144. The summed E-state index contributed by atoms with van der Waals surface area (Å²) in [4.78, 5) is 39.3. The Balaban J connectivity index is 1.37. The van der Waals surface area contributed by atoms with Gasteiger partial charge in [-0.3, -0.25) is 9.59 Å². The fourth-order valence-corrected chi connectivity index (χ4v) is 7.43. The second kappa shape index (κ2) is 9.32. The third kappa shape index (κ3) is 4.46. The number of oxime groups is 1. The predicted octanol–water partition coefficient (Wildman–Crippen LogP) is 2.13. The van der Waals surface area contributed by atoms with E-state index in [1.807, 2.05) is 0 Å². The quantitative estimate of drug-likeness (QED) is 0.414. The molecule has 3 fully saturated rings. The number of carbonyl (C=O) groups is 3. The number of hydrogen-bond donors (Lipinski definition) is 4. The molecule has 4 aliphatic carbocycles. The molecule has 4 aliphatic rings. The maximum atomic E-state index is 12.0. The van der Waals surface area contributed by atoms with Gasteiger partial charge in [-0.2, -0.15) is 0 Å². The number of nitrogens with zero attached hydrogens (tertiary/aromatic N) is 1. The molecule has 0 aliphatic heterocycles. The second-order valence-corrected chi connectivity index (χ2v) is 11.1. The van der Waals surface area contributed by atoms with Crippen molar-refractivity contribution < 1.29 is 29.4 Å². The second-order valence-electron chi connectivity index (χ2n) is 11.1. The summed E-state index contributed by atoms with van der Waals surface area (Å²) in [5.41, 5.74) is 7.43. The Kier molecular flexibility index (Phi) is 6.77. The summed E-state index contributed by atoms with van der Waals surface area (Å²) in [5.74, 6) is -0.911. The zero-order valence-electron chi connectivity index (χ0n) is 20.1. The van der Waals surface area contributed by atoms with Crippen molar-refractivity contribution in [1.29, 1.82) is 0 Å². The Morgan fingerprint density at radius 1 is 1.18 bits per heavy atom. The molecule has 5 N–H and O–H groups in total. The van der Waals surface area contributed by atoms with Crippen LogP contribution in [-0.2, 0) is 19.2 Å². The molecule has 9 heteroatoms. The number of allylic oxidation sites excluding steroid dienone is 2. The van der Waals surface area contributed by atoms with Gasteiger partial charge in [0.1, 0.15) is 6.04 Å². The highest BCUT2D eigenvalue weighted by Crippen LogP contribution is 2.65. The number of primary amides is 1. The van der Waals surface area contributed by atoms with Crippen LogP contribution in [0.15, 0.2) is 16.8 Å². The zero-order chi connectivity index (χ0) is 24.7. The summed E-state index contributed by atoms with van der Waals surface area (Å²) in [5, 5.41) is 26.1. The number of hydrogen-bond acceptors (Lipinski definition) is 6. The van der Waals surface area contributed by atoms with E-state index in [9.17, 15) is 19.5 Å². The molecule has 0 bridgehead atoms. The number of fused-ring (bicyclic) bond motifs is 5. The van der Waals surface area contributed by atoms with Crippen molar-refractivity contribution in [2.45, 2.75) is 83.8 Å². The van der Waals surface area contributed by atoms with Crippen LogP contribution in [0, 0.1) is 28.6 Å². The maximum absolute atomic E-state index is 12.0. The smallest absolute Gasteiger partial charge is 0.326 e. The number of aliphatic carboxylic acids is 1. The molecular weight excluding hydrogens is 438 g/mol. The van der Waals surface area contributed by atoms with Crippen LogP contribution in [0.2, 0.25) is 0 Å². The third-order valence-corrected chi connectivity index (χ3v) is 9.34. The molecule has 0 aromatic carbocycles. The lowest BCUT2D eigenvalue weighted by Crippen LogP contribution is -2.51. The molecule has 0 aromatic rings. The minimum atomic E-state index is -1.38. The maximum Gasteiger partial charge on any atom is 0.326 e. The molecule has 0 spiro atoms. The van der Waals surface area contributed by atoms with Gasteiger partial charge in [-0.1, -0.05) is 24.6 Å². The van der Waals surface area contributed by atoms with Crippen molar-refractivity contribution in [3.63, 3.8) is 0 Å². The molecule has 7 atom stereocenters. The number of rotatable bonds is 7. The highest BCUT2D eigenvalue weighted by atomic mass is 16.6. The molecule has 3 saturated carbocycles. The molecule has 0 aromatic heterocycles. The van der Waals surface area contributed by atoms with Crippen LogP contribution in [0.25, 0.3) is 0 Å². The standard InChI is InChI=1S/C25H37N3O6/c1-24-9-7-15(28-34-13-22(31)27-19(23(32)33)12-21(26)30)11-14(24)3-4-16-17-5-6-20(29)25(17,2)10-8-18(16)24/h11,16-20,29H,3-10,12-13H2,1-2H3,(H2,26,30)(H,27,31)(H,32,33)/b28-15-/t16-,17+,18-,19+,20+,24+,25+/m1/s1. The molecule has 0 saturated heterocycles. The van der Waals surface area contributed by atoms with E-state index in [1.165, 1.54) is 5.57 Å². The predicted molar refractivity (Wildman–Crippen MR) is 124 cm³/mol. The van der Waals surface area contributed by atoms with E-state index >= 15 is 0 Å². The van der Waals surface area contributed by atoms with Gasteiger partial charge >= 0.3 is 5.97 Å². The number of nitrogens with two attached hydrogens (primary N) is 1. The number of carboxylic acid groups (broad SMARTS) is 1. The van der Waals surface area contributed by atoms with Crippen LogP contribution in [-0.4, -0.2) is 52.5 Å². The highest BCUT2D eigenvalue weighted by Gasteiger charge is 2.58. The van der Waals surface area contributed by atoms with E-state index in [0.29, 0.717) is 17.8 Å². The Morgan fingerprint density at radius 2 is 1.94 bits per heavy atom. The van der Waals surface area contributed by atoms with Gasteiger partial charge in [0.05, 0.1) is 18.2 Å². The SMILES string of the molecule is C[C@]12CC[C@@H]3[C@H](CCC4=C/C(=N\OCC(=O)N[C@@H](CC(N)=O)C(=O)O)CC[C@@]43C)[C@@H]1CC[C@@H]2O. The van der Waals surface area contributed by atoms with Crippen molar-refractivity contribution in [2.24, 2.45) is 39.5 Å². The van der Waals surface area contributed by atoms with Crippen molar-refractivity contribution >= 4 is 23.5 Å². The number of nitrogens with one attached hydrogen (secondary N) is 1. The average Bonchev–Trinajstić information content (AvgIpc) is 3.07. The van der Waals surface area contributed by atoms with Gasteiger partial charge in [-0.25, -0.2) is 4.79 Å². The van der Waals surface area contributed by atoms with Crippen LogP contribution >= 0.6 is 0 Å². The van der Waals surface area contributed by atoms with Gasteiger partial charge in [-0.05, 0) is 86.0 Å². The Morgan fingerprint density at radius 3 is 2.65 bits per heavy atom. The van der Waals surface area contributed by atoms with Gasteiger partial charge < -0.3 is 26.1 Å². The topological polar surface area (TPSA) is 151 Å². The largest absolute Gasteiger partial charge is 0.480 e. The molecule has 9 nitrogen and oxygen atoms in total. The Hall–Kier alpha value is -2.42. The van der Waals surface area contributed by atoms with E-state index in [-0.39, 0.29) is 16.9 Å². The summed E-state index contributed by atoms with van der Waals surface area (Å²) < 4.78 is 0. The van der Waals surface area contributed by atoms with Gasteiger partial charge in [0, 0.05) is 0 Å². The fourth-order valence-electron chi connectivity index (χ4n) is 7.43. The number of amides is 2. The minimum absolute atomic E-state index is 0.0749. The lowest BCUT2D eigenvalue weighted by Gasteiger charge is -2.57. The first-order valence-electron chi connectivity index (χ1n) is 12.4. The summed E-state index contributed by atoms with van der Waals surface area (Å²) in [7, 11) is 0. The summed E-state index contributed by atoms with van der Waals surface area (Å²) in [6, 6.07) is -1.38. The molecule has 0 heterocycles. The van der Waals surface area contributed by atoms with Crippen molar-refractivity contribution in [3.8, 4) is 0 Å². The van der Waals surface area contributed by atoms with Crippen molar-refractivity contribution in [2.75, 3.05) is 6.61 Å². The normalized spacial score (nSPS) is 38.7. The van der Waals surface area contributed by atoms with Crippen LogP contribution in [0.4, 0.5) is 0 Å². The first-order valence-corrected chi connectivity index (χ1v) is 12.4. The van der Waals surface area contributed by atoms with E-state index in [2.05, 4.69) is 30.4 Å². The summed E-state index contributed by atoms with van der Waals surface area (Å²) in [6.07, 6.45) is 9.71. The van der Waals surface area contributed by atoms with Crippen LogP contribution in [0.1, 0.15) is 71.6 Å². The van der Waals surface area contributed by atoms with Crippen LogP contribution in [0.5, 0.6) is 0 Å². The van der Waals surface area contributed by atoms with Crippen molar-refractivity contribution in [1.82, 2.24) is 5.32 Å². The van der Waals surface area contributed by atoms with Gasteiger partial charge in [0.2, 0.25) is 5.91 Å². The monoisotopic (exact) mass is 475 g/mol. The number of carboxylic acids is 1. The molecule has 34 heavy (non-hydrogen) atoms. The molecule has 0 unspecified atom stereocenters. The Bertz CT molecular complexity index is 916. The molecule has 2 amide bonds. The number of aliphatic hydroxyl groups excluding tert-OH is 1. The molecule has 4 rings (SSSR count). The van der Waals surface area contributed by atoms with Crippen LogP contribution < -0.4 is 11.1 Å². The highest BCUT2D eigenvalue weighted by molar-refractivity contribution is 5.96. The summed E-state index contributed by atoms with van der Waals surface area (Å²) in [6.45, 7) is 4.25. The van der Waals surface area contributed by atoms with Crippen molar-refractivity contribution in [3.05, 3.63) is 11.6 Å². The van der Waals surface area contributed by atoms with E-state index in [4.69, 9.17) is 15.7 Å². The van der Waals surface area contributed by atoms with Crippen LogP contribution in [0.3, 0.4) is 0 Å². The fraction of sp³-hybridized carbons (Fsp3) is 0.760. The number of carbonyl (C=O) groups excluding carboxylic acids is 2. The van der Waals surface area contributed by atoms with Gasteiger partial charge in [0.25, 0.3) is 5.91 Å². The molecule has 188 valence electrons. The first kappa shape index (κ1) is 24.7. The van der Waals surface area contributed by atoms with E-state index in [0.717, 1.165) is 57.1 Å². The Labute approximate surface area is 200 Å². The minimum Gasteiger partial charge on any atom is -0.480 e. The van der Waals surface area contributed by atoms with Gasteiger partial charge in [0.15, 0.2) is 6.61 Å². The number of aliphatic hydroxyl groups is 1. The van der Waals surface area contributed by atoms with E-state index < -0.39 is 36.9 Å². The lowest BCUT2D eigenvalue weighted by atomic mass is 9.47. The average molecular weight is 476 g/mol. The zero-order valence-corrected chi connectivity index (χ0v) is 20.1. The third-order valence-electron chi connectivity index (χ3n) is 9.34. The first-order chi connectivity index (χ1) is 16.0. The molecular formula is C25H37N3O6. The van der Waals surface area contributed by atoms with Gasteiger partial charge in [-0.15, -0.1) is 0 Å². The van der Waals surface area contributed by atoms with E-state index in [1.54, 1.807) is 0 Å².